The van der Waals surface area contributed by atoms with Crippen molar-refractivity contribution in [1.82, 2.24) is 50.7 Å². The minimum atomic E-state index is -1.57. The minimum Gasteiger partial charge on any atom is -0.462 e. The molecular formula is C82H138N10O18. The number of ether oxygens (including phenoxy) is 4. The van der Waals surface area contributed by atoms with Gasteiger partial charge in [0.15, 0.2) is 11.6 Å². The maximum atomic E-state index is 15.1. The van der Waals surface area contributed by atoms with Crippen LogP contribution in [-0.2, 0) is 87.9 Å². The number of Topliss-reactive ketones (excluding diaryl/α,β-unsaturated/α-hetero) is 3. The number of hydrogen-bond donors (Lipinski definition) is 4. The lowest BCUT2D eigenvalue weighted by atomic mass is 9.85. The van der Waals surface area contributed by atoms with E-state index in [0.29, 0.717) is 25.8 Å². The number of rotatable bonds is 51. The number of methoxy groups -OCH3 is 1. The predicted octanol–water partition coefficient (Wildman–Crippen LogP) is 7.85. The SMILES string of the molecule is C/C=C/C[C@@H](C)[C@@H](OC(C)=O)[C@@H](C(=O)N[C@@H](CC)C(=O)OCCN(C)C(C)=O)N(C)C(=O)[C@@H](NC(=O)[C@H](CC(C)C)N(C)C(=O)[C@H](CC(C)C)N(C)C(=O)[C@@H](C)CC(=O)[C@H](C)CC(=O)[C@H](CC(C)C)N(C)C(=O)[C@@H](NC(=O)[C@@H](CC(=O)[C@@H](CCCN(C)C(=O)OCc1ccccc1)NC)[C@H](C)COC)C(C)C)C(C)C. The second-order valence-electron chi connectivity index (χ2n) is 31.9. The summed E-state index contributed by atoms with van der Waals surface area (Å²) in [7, 11) is 12.0. The average Bonchev–Trinajstić information content (AvgIpc) is 0.808. The zero-order chi connectivity index (χ0) is 84.3. The summed E-state index contributed by atoms with van der Waals surface area (Å²) in [5.74, 6) is -12.9. The topological polar surface area (TPSA) is 343 Å². The third-order valence-corrected chi connectivity index (χ3v) is 20.2. The molecule has 0 heterocycles. The maximum Gasteiger partial charge on any atom is 0.409 e. The van der Waals surface area contributed by atoms with Gasteiger partial charge in [0, 0.05) is 113 Å². The van der Waals surface area contributed by atoms with Crippen LogP contribution in [0, 0.1) is 59.2 Å². The molecule has 0 radical (unpaired) electrons. The summed E-state index contributed by atoms with van der Waals surface area (Å²) in [6.45, 7) is 31.2. The third-order valence-electron chi connectivity index (χ3n) is 20.2. The monoisotopic (exact) mass is 1550 g/mol. The second kappa shape index (κ2) is 50.0. The van der Waals surface area contributed by atoms with E-state index >= 15 is 9.59 Å². The molecule has 110 heavy (non-hydrogen) atoms. The van der Waals surface area contributed by atoms with E-state index in [1.54, 1.807) is 96.5 Å². The highest BCUT2D eigenvalue weighted by molar-refractivity contribution is 5.99. The fourth-order valence-electron chi connectivity index (χ4n) is 13.1. The van der Waals surface area contributed by atoms with Crippen LogP contribution in [0.5, 0.6) is 0 Å². The van der Waals surface area contributed by atoms with Gasteiger partial charge in [0.05, 0.1) is 18.6 Å². The van der Waals surface area contributed by atoms with Crippen molar-refractivity contribution in [2.45, 2.75) is 250 Å². The summed E-state index contributed by atoms with van der Waals surface area (Å²) >= 11 is 0. The number of amides is 9. The molecule has 4 N–H and O–H groups in total. The van der Waals surface area contributed by atoms with Gasteiger partial charge in [0.25, 0.3) is 0 Å². The molecule has 1 rings (SSSR count). The molecule has 0 saturated heterocycles. The van der Waals surface area contributed by atoms with Gasteiger partial charge >= 0.3 is 18.0 Å². The number of nitrogens with zero attached hydrogens (tertiary/aromatic N) is 6. The molecule has 624 valence electrons. The maximum absolute atomic E-state index is 15.1. The number of carbonyl (C=O) groups is 14. The van der Waals surface area contributed by atoms with E-state index in [-0.39, 0.29) is 101 Å². The van der Waals surface area contributed by atoms with E-state index in [2.05, 4.69) is 21.3 Å². The Bertz CT molecular complexity index is 3180. The van der Waals surface area contributed by atoms with Gasteiger partial charge in [0.2, 0.25) is 47.3 Å². The van der Waals surface area contributed by atoms with Crippen molar-refractivity contribution in [3.05, 3.63) is 48.0 Å². The molecule has 0 bridgehead atoms. The molecule has 1 aromatic rings. The summed E-state index contributed by atoms with van der Waals surface area (Å²) in [6, 6.07) is -0.0160. The van der Waals surface area contributed by atoms with E-state index in [9.17, 15) is 57.5 Å². The Morgan fingerprint density at radius 2 is 1.05 bits per heavy atom. The highest BCUT2D eigenvalue weighted by Gasteiger charge is 2.46. The fourth-order valence-corrected chi connectivity index (χ4v) is 13.1. The summed E-state index contributed by atoms with van der Waals surface area (Å²) < 4.78 is 22.2. The largest absolute Gasteiger partial charge is 0.462 e. The third kappa shape index (κ3) is 33.0. The van der Waals surface area contributed by atoms with Crippen LogP contribution in [0.25, 0.3) is 0 Å². The van der Waals surface area contributed by atoms with Crippen LogP contribution in [-0.4, -0.2) is 249 Å². The van der Waals surface area contributed by atoms with Crippen LogP contribution in [0.2, 0.25) is 0 Å². The predicted molar refractivity (Wildman–Crippen MR) is 422 cm³/mol. The molecular weight excluding hydrogens is 1410 g/mol. The van der Waals surface area contributed by atoms with Gasteiger partial charge in [-0.15, -0.1) is 0 Å². The molecule has 28 nitrogen and oxygen atoms in total. The van der Waals surface area contributed by atoms with Gasteiger partial charge < -0.3 is 69.6 Å². The normalized spacial score (nSPS) is 15.4. The first-order valence-corrected chi connectivity index (χ1v) is 39.2. The number of allylic oxidation sites excluding steroid dienone is 2. The van der Waals surface area contributed by atoms with Crippen LogP contribution < -0.4 is 21.3 Å². The number of hydrogen-bond acceptors (Lipinski definition) is 19. The smallest absolute Gasteiger partial charge is 0.409 e. The van der Waals surface area contributed by atoms with Crippen molar-refractivity contribution in [2.75, 3.05) is 82.7 Å². The molecule has 0 aliphatic carbocycles. The molecule has 0 aromatic heterocycles. The van der Waals surface area contributed by atoms with Gasteiger partial charge in [-0.1, -0.05) is 146 Å². The summed E-state index contributed by atoms with van der Waals surface area (Å²) in [6.07, 6.45) is 2.66. The molecule has 1 aromatic carbocycles. The van der Waals surface area contributed by atoms with Crippen LogP contribution in [0.1, 0.15) is 194 Å². The van der Waals surface area contributed by atoms with Gasteiger partial charge in [-0.25, -0.2) is 9.59 Å². The number of benzene rings is 1. The Hall–Kier alpha value is -8.14. The number of ketones is 3. The summed E-state index contributed by atoms with van der Waals surface area (Å²) in [5.41, 5.74) is 0.846. The molecule has 0 fully saturated rings. The van der Waals surface area contributed by atoms with Crippen LogP contribution in [0.3, 0.4) is 0 Å². The fraction of sp³-hybridized carbons (Fsp3) is 0.732. The Morgan fingerprint density at radius 1 is 0.527 bits per heavy atom. The molecule has 0 aliphatic rings. The van der Waals surface area contributed by atoms with Crippen LogP contribution >= 0.6 is 0 Å². The zero-order valence-electron chi connectivity index (χ0n) is 71.1. The number of esters is 2. The Morgan fingerprint density at radius 3 is 1.55 bits per heavy atom. The lowest BCUT2D eigenvalue weighted by Crippen LogP contribution is -2.63. The first kappa shape index (κ1) is 99.9. The van der Waals surface area contributed by atoms with Crippen LogP contribution in [0.15, 0.2) is 42.5 Å². The standard InChI is InChI=1S/C82H138N10O18/c1-27-29-34-54(13)73(110-59(18)94)72(76(100)84-62(28-2)81(105)108-40-39-87(20)58(17)93)92(25)80(104)71(53(11)12)86-75(99)65(42-50(5)6)90(23)78(102)66(43-51(7)8)91(24)77(101)56(15)45-67(95)55(14)44-69(97)64(41-49(3)4)89(22)79(103)70(52(9)10)85-74(98)61(57(16)47-107-26)46-68(96)63(83-19)37-33-38-88(21)82(106)109-48-60-35-31-30-32-36-60/h27,29-32,35-36,49-57,61-66,70-73,83H,28,33-34,37-48H2,1-26H3,(H,84,100)(H,85,98)(H,86,99)/b29-27+/t54-,55-,56+,57-,61+,62+,63-,64+,65+,66+,70+,71+,72+,73-/m1/s1. The highest BCUT2D eigenvalue weighted by atomic mass is 16.6. The minimum absolute atomic E-state index is 0.0616. The molecule has 0 unspecified atom stereocenters. The Kier molecular flexibility index (Phi) is 45.4. The summed E-state index contributed by atoms with van der Waals surface area (Å²) in [5, 5.41) is 11.6. The zero-order valence-corrected chi connectivity index (χ0v) is 71.1. The van der Waals surface area contributed by atoms with E-state index in [1.807, 2.05) is 78.0 Å². The first-order chi connectivity index (χ1) is 51.3. The first-order valence-electron chi connectivity index (χ1n) is 39.2. The van der Waals surface area contributed by atoms with Crippen molar-refractivity contribution in [2.24, 2.45) is 59.2 Å². The van der Waals surface area contributed by atoms with Crippen LogP contribution in [0.4, 0.5) is 4.79 Å². The highest BCUT2D eigenvalue weighted by Crippen LogP contribution is 2.28. The van der Waals surface area contributed by atoms with Gasteiger partial charge in [-0.3, -0.25) is 57.5 Å². The Labute approximate surface area is 656 Å². The van der Waals surface area contributed by atoms with Gasteiger partial charge in [-0.2, -0.15) is 0 Å². The second-order valence-corrected chi connectivity index (χ2v) is 31.9. The average molecular weight is 1550 g/mol. The van der Waals surface area contributed by atoms with Gasteiger partial charge in [-0.05, 0) is 106 Å². The van der Waals surface area contributed by atoms with Crippen molar-refractivity contribution in [3.63, 3.8) is 0 Å². The summed E-state index contributed by atoms with van der Waals surface area (Å²) in [4.78, 5) is 205. The van der Waals surface area contributed by atoms with Crippen molar-refractivity contribution < 1.29 is 86.1 Å². The van der Waals surface area contributed by atoms with Gasteiger partial charge in [0.1, 0.15) is 61.4 Å². The molecule has 28 heteroatoms. The van der Waals surface area contributed by atoms with Crippen molar-refractivity contribution in [3.8, 4) is 0 Å². The lowest BCUT2D eigenvalue weighted by molar-refractivity contribution is -0.162. The number of likely N-dealkylation sites (N-methyl/N-ethyl adjacent to an activating group) is 6. The van der Waals surface area contributed by atoms with E-state index in [0.717, 1.165) is 10.5 Å². The number of nitrogens with one attached hydrogen (secondary N) is 4. The van der Waals surface area contributed by atoms with E-state index in [1.165, 1.54) is 73.6 Å². The van der Waals surface area contributed by atoms with E-state index < -0.39 is 167 Å². The molecule has 0 saturated carbocycles. The quantitative estimate of drug-likeness (QED) is 0.0274. The number of carbonyl (C=O) groups excluding carboxylic acids is 14. The molecule has 0 aliphatic heterocycles. The van der Waals surface area contributed by atoms with E-state index in [4.69, 9.17) is 18.9 Å². The molecule has 14 atom stereocenters. The molecule has 9 amide bonds. The lowest BCUT2D eigenvalue weighted by Gasteiger charge is -2.39. The molecule has 0 spiro atoms. The Balaban J connectivity index is 3.53. The van der Waals surface area contributed by atoms with Crippen molar-refractivity contribution in [1.29, 1.82) is 0 Å². The van der Waals surface area contributed by atoms with Crippen molar-refractivity contribution >= 4 is 82.6 Å².